The number of hydrogen-bond acceptors (Lipinski definition) is 8. The molecular weight excluding hydrogens is 689 g/mol. The summed E-state index contributed by atoms with van der Waals surface area (Å²) >= 11 is 1.61. The number of ether oxygens (including phenoxy) is 1. The standard InChI is InChI=1S/C41H46N6O5S/c1-5-21-44(26-46-33-16-12-11-15-32(33)42-43-46)40(51)37-41-27(4)23-34(53-41)35(38(49)45(22-6-2)29-17-19-31(20-18-29)52-7-3)36(41)39(50)47(37)30(25-48)24-28-13-9-8-10-14-28/h5-6,8-20,27,30,34-37,48H,1-2,7,21-26H2,3-4H3/t27?,30-,34+,35-,36+,37?,41?/m1/s1. The molecule has 3 saturated heterocycles. The molecule has 3 aliphatic heterocycles. The summed E-state index contributed by atoms with van der Waals surface area (Å²) in [5.41, 5.74) is 3.09. The van der Waals surface area contributed by atoms with Crippen molar-refractivity contribution >= 4 is 46.2 Å². The van der Waals surface area contributed by atoms with Crippen molar-refractivity contribution < 1.29 is 24.2 Å². The van der Waals surface area contributed by atoms with Crippen molar-refractivity contribution in [1.29, 1.82) is 0 Å². The Morgan fingerprint density at radius 1 is 1.04 bits per heavy atom. The number of nitrogens with zero attached hydrogens (tertiary/aromatic N) is 6. The molecule has 0 aliphatic carbocycles. The van der Waals surface area contributed by atoms with Gasteiger partial charge in [-0.2, -0.15) is 0 Å². The van der Waals surface area contributed by atoms with Crippen LogP contribution in [0.25, 0.3) is 11.0 Å². The highest BCUT2D eigenvalue weighted by Crippen LogP contribution is 2.69. The normalized spacial score (nSPS) is 24.9. The number of likely N-dealkylation sites (tertiary alicyclic amines) is 1. The van der Waals surface area contributed by atoms with Gasteiger partial charge in [0.15, 0.2) is 0 Å². The molecule has 3 fully saturated rings. The zero-order valence-corrected chi connectivity index (χ0v) is 31.0. The maximum atomic E-state index is 15.3. The molecule has 3 unspecified atom stereocenters. The van der Waals surface area contributed by atoms with E-state index in [0.29, 0.717) is 36.4 Å². The minimum Gasteiger partial charge on any atom is -0.494 e. The van der Waals surface area contributed by atoms with E-state index in [-0.39, 0.29) is 55.3 Å². The molecule has 12 heteroatoms. The van der Waals surface area contributed by atoms with Crippen molar-refractivity contribution in [2.75, 3.05) is 31.2 Å². The summed E-state index contributed by atoms with van der Waals surface area (Å²) < 4.78 is 6.42. The SMILES string of the molecule is C=CCN(Cn1nnc2ccccc21)C(=O)C1N([C@@H](CO)Cc2ccccc2)C(=O)[C@@H]2[C@H](C(=O)N(CC=C)c3ccc(OCC)cc3)[C@@H]3CC(C)C12S3. The Bertz CT molecular complexity index is 1990. The molecule has 3 aliphatic rings. The van der Waals surface area contributed by atoms with Crippen LogP contribution in [0.2, 0.25) is 0 Å². The van der Waals surface area contributed by atoms with E-state index in [2.05, 4.69) is 30.4 Å². The average molecular weight is 735 g/mol. The van der Waals surface area contributed by atoms with Crippen LogP contribution in [0.5, 0.6) is 5.75 Å². The van der Waals surface area contributed by atoms with Crippen LogP contribution in [0.4, 0.5) is 5.69 Å². The molecule has 11 nitrogen and oxygen atoms in total. The number of hydrogen-bond donors (Lipinski definition) is 1. The van der Waals surface area contributed by atoms with Gasteiger partial charge < -0.3 is 24.5 Å². The Balaban J connectivity index is 1.30. The predicted molar refractivity (Wildman–Crippen MR) is 206 cm³/mol. The van der Waals surface area contributed by atoms with Crippen molar-refractivity contribution in [1.82, 2.24) is 24.8 Å². The van der Waals surface area contributed by atoms with E-state index in [1.807, 2.05) is 85.8 Å². The van der Waals surface area contributed by atoms with Crippen molar-refractivity contribution in [2.24, 2.45) is 17.8 Å². The number of rotatable bonds is 15. The summed E-state index contributed by atoms with van der Waals surface area (Å²) in [6.45, 7) is 12.6. The van der Waals surface area contributed by atoms with E-state index in [9.17, 15) is 9.90 Å². The van der Waals surface area contributed by atoms with Crippen LogP contribution in [0.15, 0.2) is 104 Å². The molecule has 0 radical (unpaired) electrons. The van der Waals surface area contributed by atoms with Crippen LogP contribution in [0, 0.1) is 17.8 Å². The molecule has 4 aromatic rings. The Labute approximate surface area is 314 Å². The van der Waals surface area contributed by atoms with Gasteiger partial charge in [-0.3, -0.25) is 14.4 Å². The Morgan fingerprint density at radius 2 is 1.75 bits per heavy atom. The third kappa shape index (κ3) is 6.31. The predicted octanol–water partition coefficient (Wildman–Crippen LogP) is 4.96. The molecule has 0 saturated carbocycles. The zero-order valence-electron chi connectivity index (χ0n) is 30.2. The van der Waals surface area contributed by atoms with Crippen molar-refractivity contribution in [3.8, 4) is 5.75 Å². The molecule has 53 heavy (non-hydrogen) atoms. The fraction of sp³-hybridized carbons (Fsp3) is 0.390. The first-order chi connectivity index (χ1) is 25.8. The average Bonchev–Trinajstić information content (AvgIpc) is 3.90. The molecule has 1 spiro atoms. The van der Waals surface area contributed by atoms with E-state index in [1.165, 1.54) is 0 Å². The van der Waals surface area contributed by atoms with Crippen LogP contribution in [0.3, 0.4) is 0 Å². The largest absolute Gasteiger partial charge is 0.494 e. The summed E-state index contributed by atoms with van der Waals surface area (Å²) in [6, 6.07) is 22.9. The second-order valence-electron chi connectivity index (χ2n) is 14.1. The van der Waals surface area contributed by atoms with Gasteiger partial charge in [-0.15, -0.1) is 30.0 Å². The lowest BCUT2D eigenvalue weighted by Crippen LogP contribution is -2.59. The minimum atomic E-state index is -0.947. The highest BCUT2D eigenvalue weighted by Gasteiger charge is 2.77. The van der Waals surface area contributed by atoms with Gasteiger partial charge in [-0.05, 0) is 67.6 Å². The molecule has 1 aromatic heterocycles. The van der Waals surface area contributed by atoms with Crippen LogP contribution < -0.4 is 9.64 Å². The first-order valence-electron chi connectivity index (χ1n) is 18.2. The van der Waals surface area contributed by atoms with Gasteiger partial charge in [0.25, 0.3) is 0 Å². The quantitative estimate of drug-likeness (QED) is 0.170. The zero-order chi connectivity index (χ0) is 37.3. The topological polar surface area (TPSA) is 121 Å². The Morgan fingerprint density at radius 3 is 2.45 bits per heavy atom. The van der Waals surface area contributed by atoms with Gasteiger partial charge >= 0.3 is 0 Å². The second-order valence-corrected chi connectivity index (χ2v) is 15.6. The molecule has 7 rings (SSSR count). The van der Waals surface area contributed by atoms with Crippen molar-refractivity contribution in [3.63, 3.8) is 0 Å². The highest BCUT2D eigenvalue weighted by atomic mass is 32.2. The smallest absolute Gasteiger partial charge is 0.248 e. The van der Waals surface area contributed by atoms with Gasteiger partial charge in [0.2, 0.25) is 17.7 Å². The molecule has 7 atom stereocenters. The first-order valence-corrected chi connectivity index (χ1v) is 19.1. The highest BCUT2D eigenvalue weighted by molar-refractivity contribution is 8.02. The lowest BCUT2D eigenvalue weighted by Gasteiger charge is -2.42. The fourth-order valence-electron chi connectivity index (χ4n) is 8.80. The van der Waals surface area contributed by atoms with Crippen LogP contribution in [-0.2, 0) is 27.5 Å². The van der Waals surface area contributed by atoms with Gasteiger partial charge in [-0.25, -0.2) is 4.68 Å². The Kier molecular flexibility index (Phi) is 10.4. The number of para-hydroxylation sites is 1. The van der Waals surface area contributed by atoms with Crippen molar-refractivity contribution in [2.45, 2.75) is 55.4 Å². The van der Waals surface area contributed by atoms with Crippen LogP contribution in [-0.4, -0.2) is 96.0 Å². The molecular formula is C41H46N6O5S. The summed E-state index contributed by atoms with van der Waals surface area (Å²) in [7, 11) is 0. The van der Waals surface area contributed by atoms with Gasteiger partial charge in [-0.1, -0.05) is 66.8 Å². The number of amides is 3. The van der Waals surface area contributed by atoms with Gasteiger partial charge in [0.05, 0.1) is 41.4 Å². The van der Waals surface area contributed by atoms with Crippen LogP contribution >= 0.6 is 11.8 Å². The van der Waals surface area contributed by atoms with Gasteiger partial charge in [0.1, 0.15) is 24.0 Å². The lowest BCUT2D eigenvalue weighted by atomic mass is 9.65. The fourth-order valence-corrected chi connectivity index (χ4v) is 11.2. The minimum absolute atomic E-state index is 0.0679. The number of thioether (sulfide) groups is 1. The monoisotopic (exact) mass is 734 g/mol. The summed E-state index contributed by atoms with van der Waals surface area (Å²) in [5.74, 6) is -1.54. The maximum absolute atomic E-state index is 15.3. The molecule has 3 aromatic carbocycles. The number of carbonyl (C=O) groups excluding carboxylic acids is 3. The van der Waals surface area contributed by atoms with Crippen LogP contribution in [0.1, 0.15) is 25.8 Å². The molecule has 3 amide bonds. The number of benzene rings is 3. The molecule has 4 heterocycles. The molecule has 2 bridgehead atoms. The molecule has 276 valence electrons. The van der Waals surface area contributed by atoms with E-state index in [1.54, 1.807) is 43.3 Å². The number of anilines is 1. The van der Waals surface area contributed by atoms with E-state index in [0.717, 1.165) is 11.1 Å². The van der Waals surface area contributed by atoms with E-state index < -0.39 is 28.7 Å². The second kappa shape index (κ2) is 15.2. The van der Waals surface area contributed by atoms with E-state index >= 15 is 9.59 Å². The number of carbonyl (C=O) groups is 3. The third-order valence-corrected chi connectivity index (χ3v) is 13.1. The van der Waals surface area contributed by atoms with Gasteiger partial charge in [0, 0.05) is 24.0 Å². The number of aliphatic hydroxyl groups excluding tert-OH is 1. The molecule has 1 N–H and O–H groups in total. The summed E-state index contributed by atoms with van der Waals surface area (Å²) in [6.07, 6.45) is 4.37. The lowest BCUT2D eigenvalue weighted by molar-refractivity contribution is -0.146. The maximum Gasteiger partial charge on any atom is 0.248 e. The summed E-state index contributed by atoms with van der Waals surface area (Å²) in [5, 5.41) is 19.5. The Hall–Kier alpha value is -4.94. The first kappa shape index (κ1) is 36.4. The summed E-state index contributed by atoms with van der Waals surface area (Å²) in [4.78, 5) is 50.4. The van der Waals surface area contributed by atoms with E-state index in [4.69, 9.17) is 4.74 Å². The number of aromatic nitrogens is 3. The third-order valence-electron chi connectivity index (χ3n) is 11.0. The van der Waals surface area contributed by atoms with Crippen molar-refractivity contribution in [3.05, 3.63) is 110 Å². The number of aliphatic hydroxyl groups is 1. The number of fused-ring (bicyclic) bond motifs is 2.